The fourth-order valence-electron chi connectivity index (χ4n) is 1.35. The number of halogens is 1. The zero-order chi connectivity index (χ0) is 10.8. The Labute approximate surface area is 92.0 Å². The largest absolute Gasteiger partial charge is 0.390 e. The molecule has 4 nitrogen and oxygen atoms in total. The molecule has 0 amide bonds. The van der Waals surface area contributed by atoms with E-state index in [2.05, 4.69) is 15.0 Å². The highest BCUT2D eigenvalue weighted by atomic mass is 35.5. The van der Waals surface area contributed by atoms with Gasteiger partial charge in [-0.3, -0.25) is 4.98 Å². The molecule has 2 N–H and O–H groups in total. The summed E-state index contributed by atoms with van der Waals surface area (Å²) in [5.74, 6) is 0.646. The molecule has 0 saturated carbocycles. The summed E-state index contributed by atoms with van der Waals surface area (Å²) in [7, 11) is 0. The van der Waals surface area contributed by atoms with Gasteiger partial charge in [-0.2, -0.15) is 0 Å². The molecule has 0 aliphatic heterocycles. The number of pyridine rings is 1. The van der Waals surface area contributed by atoms with Gasteiger partial charge >= 0.3 is 0 Å². The number of aliphatic hydroxyl groups excluding tert-OH is 1. The molecule has 0 aliphatic carbocycles. The van der Waals surface area contributed by atoms with E-state index in [-0.39, 0.29) is 6.61 Å². The molecule has 2 aromatic heterocycles. The first kappa shape index (κ1) is 10.1. The highest BCUT2D eigenvalue weighted by Gasteiger charge is 2.07. The van der Waals surface area contributed by atoms with E-state index < -0.39 is 0 Å². The van der Waals surface area contributed by atoms with Crippen LogP contribution in [0, 0.1) is 6.92 Å². The van der Waals surface area contributed by atoms with Crippen LogP contribution in [0.5, 0.6) is 0 Å². The number of imidazole rings is 1. The van der Waals surface area contributed by atoms with Crippen molar-refractivity contribution in [2.45, 2.75) is 13.5 Å². The molecule has 2 aromatic rings. The van der Waals surface area contributed by atoms with Gasteiger partial charge in [0.15, 0.2) is 5.82 Å². The van der Waals surface area contributed by atoms with Crippen molar-refractivity contribution in [3.05, 3.63) is 34.7 Å². The van der Waals surface area contributed by atoms with Gasteiger partial charge in [-0.05, 0) is 18.6 Å². The highest BCUT2D eigenvalue weighted by Crippen LogP contribution is 2.20. The molecule has 0 aliphatic rings. The lowest BCUT2D eigenvalue weighted by Crippen LogP contribution is -1.90. The maximum Gasteiger partial charge on any atom is 0.156 e. The Balaban J connectivity index is 2.44. The third-order valence-electron chi connectivity index (χ3n) is 2.07. The zero-order valence-electron chi connectivity index (χ0n) is 8.16. The van der Waals surface area contributed by atoms with Gasteiger partial charge in [0.05, 0.1) is 23.5 Å². The van der Waals surface area contributed by atoms with Crippen molar-refractivity contribution in [1.82, 2.24) is 15.0 Å². The van der Waals surface area contributed by atoms with Gasteiger partial charge in [-0.15, -0.1) is 0 Å². The second-order valence-corrected chi connectivity index (χ2v) is 3.67. The van der Waals surface area contributed by atoms with Gasteiger partial charge in [0.1, 0.15) is 5.69 Å². The van der Waals surface area contributed by atoms with E-state index in [9.17, 15) is 0 Å². The van der Waals surface area contributed by atoms with E-state index in [1.807, 2.05) is 13.0 Å². The van der Waals surface area contributed by atoms with Gasteiger partial charge in [0.25, 0.3) is 0 Å². The molecule has 0 radical (unpaired) electrons. The summed E-state index contributed by atoms with van der Waals surface area (Å²) in [6.45, 7) is 1.86. The normalized spacial score (nSPS) is 10.6. The molecule has 0 fully saturated rings. The lowest BCUT2D eigenvalue weighted by Gasteiger charge is -2.01. The summed E-state index contributed by atoms with van der Waals surface area (Å²) < 4.78 is 0. The van der Waals surface area contributed by atoms with Crippen LogP contribution in [-0.2, 0) is 6.61 Å². The Morgan fingerprint density at radius 3 is 2.80 bits per heavy atom. The van der Waals surface area contributed by atoms with Gasteiger partial charge in [0, 0.05) is 6.20 Å². The van der Waals surface area contributed by atoms with Crippen LogP contribution in [0.3, 0.4) is 0 Å². The molecular formula is C10H10ClN3O. The van der Waals surface area contributed by atoms with Crippen LogP contribution in [0.4, 0.5) is 0 Å². The summed E-state index contributed by atoms with van der Waals surface area (Å²) in [5.41, 5.74) is 2.36. The first-order chi connectivity index (χ1) is 7.20. The van der Waals surface area contributed by atoms with Crippen LogP contribution in [0.15, 0.2) is 18.5 Å². The van der Waals surface area contributed by atoms with Gasteiger partial charge in [-0.25, -0.2) is 4.98 Å². The van der Waals surface area contributed by atoms with Crippen LogP contribution in [0.25, 0.3) is 11.5 Å². The van der Waals surface area contributed by atoms with Crippen molar-refractivity contribution in [2.75, 3.05) is 0 Å². The molecule has 0 bridgehead atoms. The molecule has 5 heteroatoms. The first-order valence-electron chi connectivity index (χ1n) is 4.48. The average Bonchev–Trinajstić information content (AvgIpc) is 2.66. The second-order valence-electron chi connectivity index (χ2n) is 3.23. The number of hydrogen-bond donors (Lipinski definition) is 2. The summed E-state index contributed by atoms with van der Waals surface area (Å²) in [5, 5.41) is 9.50. The van der Waals surface area contributed by atoms with Crippen LogP contribution in [0.1, 0.15) is 11.3 Å². The van der Waals surface area contributed by atoms with E-state index >= 15 is 0 Å². The molecule has 0 aromatic carbocycles. The van der Waals surface area contributed by atoms with Crippen molar-refractivity contribution in [1.29, 1.82) is 0 Å². The van der Waals surface area contributed by atoms with Crippen LogP contribution in [0.2, 0.25) is 5.02 Å². The van der Waals surface area contributed by atoms with Gasteiger partial charge in [-0.1, -0.05) is 11.6 Å². The molecule has 0 unspecified atom stereocenters. The van der Waals surface area contributed by atoms with E-state index in [1.165, 1.54) is 0 Å². The predicted octanol–water partition coefficient (Wildman–Crippen LogP) is 1.93. The molecule has 78 valence electrons. The highest BCUT2D eigenvalue weighted by molar-refractivity contribution is 6.30. The van der Waals surface area contributed by atoms with E-state index in [4.69, 9.17) is 16.7 Å². The molecule has 0 saturated heterocycles. The summed E-state index contributed by atoms with van der Waals surface area (Å²) in [6, 6.07) is 1.82. The minimum atomic E-state index is -0.0559. The van der Waals surface area contributed by atoms with E-state index in [0.717, 1.165) is 11.3 Å². The lowest BCUT2D eigenvalue weighted by atomic mass is 10.2. The summed E-state index contributed by atoms with van der Waals surface area (Å²) in [6.07, 6.45) is 3.16. The average molecular weight is 224 g/mol. The molecule has 15 heavy (non-hydrogen) atoms. The van der Waals surface area contributed by atoms with Crippen molar-refractivity contribution in [2.24, 2.45) is 0 Å². The Hall–Kier alpha value is -1.39. The number of aryl methyl sites for hydroxylation is 1. The zero-order valence-corrected chi connectivity index (χ0v) is 8.91. The Morgan fingerprint density at radius 1 is 1.40 bits per heavy atom. The molecule has 0 spiro atoms. The Bertz CT molecular complexity index is 481. The molecule has 2 rings (SSSR count). The maximum absolute atomic E-state index is 8.90. The number of hydrogen-bond acceptors (Lipinski definition) is 3. The SMILES string of the molecule is Cc1cc(Cl)cnc1-c1ncc(CO)[nH]1. The van der Waals surface area contributed by atoms with E-state index in [0.29, 0.717) is 16.5 Å². The van der Waals surface area contributed by atoms with Crippen molar-refractivity contribution in [3.63, 3.8) is 0 Å². The number of nitrogens with one attached hydrogen (secondary N) is 1. The van der Waals surface area contributed by atoms with Crippen molar-refractivity contribution < 1.29 is 5.11 Å². The van der Waals surface area contributed by atoms with Crippen molar-refractivity contribution >= 4 is 11.6 Å². The smallest absolute Gasteiger partial charge is 0.156 e. The number of H-pyrrole nitrogens is 1. The van der Waals surface area contributed by atoms with E-state index in [1.54, 1.807) is 12.4 Å². The van der Waals surface area contributed by atoms with Crippen LogP contribution in [-0.4, -0.2) is 20.1 Å². The third-order valence-corrected chi connectivity index (χ3v) is 2.27. The fraction of sp³-hybridized carbons (Fsp3) is 0.200. The molecular weight excluding hydrogens is 214 g/mol. The number of rotatable bonds is 2. The number of nitrogens with zero attached hydrogens (tertiary/aromatic N) is 2. The number of aromatic nitrogens is 3. The first-order valence-corrected chi connectivity index (χ1v) is 4.86. The third kappa shape index (κ3) is 2.00. The van der Waals surface area contributed by atoms with Gasteiger partial charge < -0.3 is 10.1 Å². The van der Waals surface area contributed by atoms with Crippen molar-refractivity contribution in [3.8, 4) is 11.5 Å². The standard InChI is InChI=1S/C10H10ClN3O/c1-6-2-7(11)3-12-9(6)10-13-4-8(5-15)14-10/h2-4,15H,5H2,1H3,(H,13,14). The number of aromatic amines is 1. The molecule has 2 heterocycles. The minimum absolute atomic E-state index is 0.0559. The Morgan fingerprint density at radius 2 is 2.20 bits per heavy atom. The quantitative estimate of drug-likeness (QED) is 0.818. The van der Waals surface area contributed by atoms with Crippen LogP contribution < -0.4 is 0 Å². The Kier molecular flexibility index (Phi) is 2.70. The number of aliphatic hydroxyl groups is 1. The summed E-state index contributed by atoms with van der Waals surface area (Å²) in [4.78, 5) is 11.3. The minimum Gasteiger partial charge on any atom is -0.390 e. The summed E-state index contributed by atoms with van der Waals surface area (Å²) >= 11 is 5.80. The monoisotopic (exact) mass is 223 g/mol. The predicted molar refractivity (Wildman–Crippen MR) is 57.5 cm³/mol. The second kappa shape index (κ2) is 4.00. The topological polar surface area (TPSA) is 61.8 Å². The fourth-order valence-corrected chi connectivity index (χ4v) is 1.56. The van der Waals surface area contributed by atoms with Gasteiger partial charge in [0.2, 0.25) is 0 Å². The lowest BCUT2D eigenvalue weighted by molar-refractivity contribution is 0.277. The van der Waals surface area contributed by atoms with Crippen LogP contribution >= 0.6 is 11.6 Å². The molecule has 0 atom stereocenters. The maximum atomic E-state index is 8.90.